The first-order chi connectivity index (χ1) is 11.0. The largest absolute Gasteiger partial charge is 0.480 e. The maximum Gasteiger partial charge on any atom is 0.329 e. The van der Waals surface area contributed by atoms with Gasteiger partial charge in [-0.1, -0.05) is 6.92 Å². The summed E-state index contributed by atoms with van der Waals surface area (Å²) in [5, 5.41) is 15.9. The van der Waals surface area contributed by atoms with Gasteiger partial charge in [0.1, 0.15) is 6.61 Å². The highest BCUT2D eigenvalue weighted by Crippen LogP contribution is 2.14. The number of amides is 1. The molecule has 0 aliphatic carbocycles. The van der Waals surface area contributed by atoms with Crippen LogP contribution in [-0.2, 0) is 20.8 Å². The molecule has 1 aliphatic heterocycles. The Balaban J connectivity index is 2.00. The van der Waals surface area contributed by atoms with Crippen molar-refractivity contribution < 1.29 is 24.2 Å². The molecule has 2 heterocycles. The summed E-state index contributed by atoms with van der Waals surface area (Å²) in [5.74, 6) is -1.28. The SMILES string of the molecule is CCCn1cc(C(=O)N[C@@H]2COCC[C@@H]2OCC(=O)O)c(C)n1. The normalized spacial score (nSPS) is 21.1. The standard InChI is InChI=1S/C15H23N3O5/c1-3-5-18-7-11(10(2)17-18)15(21)16-12-8-22-6-4-13(12)23-9-14(19)20/h7,12-13H,3-6,8-9H2,1-2H3,(H,16,21)(H,19,20)/t12-,13+/m1/s1. The quantitative estimate of drug-likeness (QED) is 0.760. The first-order valence-corrected chi connectivity index (χ1v) is 7.77. The second-order valence-corrected chi connectivity index (χ2v) is 5.58. The molecule has 0 unspecified atom stereocenters. The van der Waals surface area contributed by atoms with Crippen LogP contribution in [0.2, 0.25) is 0 Å². The summed E-state index contributed by atoms with van der Waals surface area (Å²) in [6.07, 6.45) is 2.84. The van der Waals surface area contributed by atoms with Crippen LogP contribution in [0.25, 0.3) is 0 Å². The number of aryl methyl sites for hydroxylation is 2. The van der Waals surface area contributed by atoms with Crippen LogP contribution in [0.15, 0.2) is 6.20 Å². The molecule has 2 atom stereocenters. The number of hydrogen-bond donors (Lipinski definition) is 2. The van der Waals surface area contributed by atoms with Crippen LogP contribution in [0.3, 0.4) is 0 Å². The van der Waals surface area contributed by atoms with Crippen LogP contribution >= 0.6 is 0 Å². The highest BCUT2D eigenvalue weighted by molar-refractivity contribution is 5.95. The van der Waals surface area contributed by atoms with Gasteiger partial charge < -0.3 is 19.9 Å². The number of carbonyl (C=O) groups excluding carboxylic acids is 1. The molecule has 1 saturated heterocycles. The number of hydrogen-bond acceptors (Lipinski definition) is 5. The van der Waals surface area contributed by atoms with E-state index in [-0.39, 0.29) is 24.7 Å². The Bertz CT molecular complexity index is 557. The van der Waals surface area contributed by atoms with Crippen LogP contribution in [0, 0.1) is 6.92 Å². The number of ether oxygens (including phenoxy) is 2. The van der Waals surface area contributed by atoms with Crippen LogP contribution in [-0.4, -0.2) is 58.7 Å². The van der Waals surface area contributed by atoms with Crippen molar-refractivity contribution in [3.05, 3.63) is 17.5 Å². The van der Waals surface area contributed by atoms with Gasteiger partial charge in [-0.15, -0.1) is 0 Å². The van der Waals surface area contributed by atoms with Gasteiger partial charge in [-0.05, 0) is 19.8 Å². The third kappa shape index (κ3) is 4.77. The fourth-order valence-electron chi connectivity index (χ4n) is 2.56. The van der Waals surface area contributed by atoms with E-state index in [0.717, 1.165) is 13.0 Å². The smallest absolute Gasteiger partial charge is 0.329 e. The van der Waals surface area contributed by atoms with Gasteiger partial charge in [0.05, 0.1) is 30.0 Å². The van der Waals surface area contributed by atoms with Crippen molar-refractivity contribution in [1.82, 2.24) is 15.1 Å². The molecular formula is C15H23N3O5. The molecule has 1 fully saturated rings. The lowest BCUT2D eigenvalue weighted by Crippen LogP contribution is -2.51. The number of nitrogens with zero attached hydrogens (tertiary/aromatic N) is 2. The minimum absolute atomic E-state index is 0.246. The maximum absolute atomic E-state index is 12.4. The Kier molecular flexibility index (Phi) is 6.12. The number of nitrogens with one attached hydrogen (secondary N) is 1. The van der Waals surface area contributed by atoms with E-state index in [4.69, 9.17) is 14.6 Å². The minimum atomic E-state index is -1.03. The molecule has 1 amide bonds. The zero-order valence-corrected chi connectivity index (χ0v) is 13.4. The Morgan fingerprint density at radius 2 is 2.35 bits per heavy atom. The van der Waals surface area contributed by atoms with E-state index in [1.165, 1.54) is 0 Å². The fraction of sp³-hybridized carbons (Fsp3) is 0.667. The van der Waals surface area contributed by atoms with Crippen LogP contribution < -0.4 is 5.32 Å². The maximum atomic E-state index is 12.4. The molecule has 0 bridgehead atoms. The summed E-state index contributed by atoms with van der Waals surface area (Å²) in [6.45, 7) is 5.00. The molecule has 2 rings (SSSR count). The zero-order valence-electron chi connectivity index (χ0n) is 13.4. The van der Waals surface area contributed by atoms with Crippen LogP contribution in [0.5, 0.6) is 0 Å². The third-order valence-electron chi connectivity index (χ3n) is 3.67. The highest BCUT2D eigenvalue weighted by atomic mass is 16.5. The Labute approximate surface area is 134 Å². The third-order valence-corrected chi connectivity index (χ3v) is 3.67. The summed E-state index contributed by atoms with van der Waals surface area (Å²) in [6, 6.07) is -0.371. The molecule has 2 N–H and O–H groups in total. The molecule has 1 aliphatic rings. The molecule has 0 radical (unpaired) electrons. The minimum Gasteiger partial charge on any atom is -0.480 e. The van der Waals surface area contributed by atoms with Crippen molar-refractivity contribution in [1.29, 1.82) is 0 Å². The first-order valence-electron chi connectivity index (χ1n) is 7.77. The van der Waals surface area contributed by atoms with E-state index < -0.39 is 5.97 Å². The second kappa shape index (κ2) is 8.07. The van der Waals surface area contributed by atoms with Crippen molar-refractivity contribution in [2.24, 2.45) is 0 Å². The summed E-state index contributed by atoms with van der Waals surface area (Å²) in [5.41, 5.74) is 1.18. The molecule has 0 saturated carbocycles. The number of rotatable bonds is 7. The Hall–Kier alpha value is -1.93. The summed E-state index contributed by atoms with van der Waals surface area (Å²) >= 11 is 0. The lowest BCUT2D eigenvalue weighted by molar-refractivity contribution is -0.147. The van der Waals surface area contributed by atoms with Crippen molar-refractivity contribution >= 4 is 11.9 Å². The lowest BCUT2D eigenvalue weighted by Gasteiger charge is -2.31. The van der Waals surface area contributed by atoms with E-state index in [1.807, 2.05) is 6.92 Å². The molecular weight excluding hydrogens is 302 g/mol. The molecule has 0 spiro atoms. The average Bonchev–Trinajstić information content (AvgIpc) is 2.87. The monoisotopic (exact) mass is 325 g/mol. The molecule has 8 nitrogen and oxygen atoms in total. The number of carbonyl (C=O) groups is 2. The molecule has 0 aromatic carbocycles. The number of aliphatic carboxylic acids is 1. The zero-order chi connectivity index (χ0) is 16.8. The number of carboxylic acids is 1. The predicted molar refractivity (Wildman–Crippen MR) is 81.3 cm³/mol. The topological polar surface area (TPSA) is 103 Å². The molecule has 128 valence electrons. The fourth-order valence-corrected chi connectivity index (χ4v) is 2.56. The van der Waals surface area contributed by atoms with Gasteiger partial charge in [0.15, 0.2) is 0 Å². The average molecular weight is 325 g/mol. The summed E-state index contributed by atoms with van der Waals surface area (Å²) in [4.78, 5) is 23.1. The van der Waals surface area contributed by atoms with Gasteiger partial charge in [-0.25, -0.2) is 4.79 Å². The summed E-state index contributed by atoms with van der Waals surface area (Å²) < 4.78 is 12.5. The first kappa shape index (κ1) is 17.4. The van der Waals surface area contributed by atoms with Gasteiger partial charge in [0, 0.05) is 19.3 Å². The van der Waals surface area contributed by atoms with Gasteiger partial charge in [-0.2, -0.15) is 5.10 Å². The van der Waals surface area contributed by atoms with E-state index in [0.29, 0.717) is 30.9 Å². The van der Waals surface area contributed by atoms with Crippen molar-refractivity contribution in [3.63, 3.8) is 0 Å². The van der Waals surface area contributed by atoms with Gasteiger partial charge >= 0.3 is 5.97 Å². The Morgan fingerprint density at radius 1 is 1.57 bits per heavy atom. The lowest BCUT2D eigenvalue weighted by atomic mass is 10.1. The van der Waals surface area contributed by atoms with Gasteiger partial charge in [0.25, 0.3) is 5.91 Å². The van der Waals surface area contributed by atoms with Gasteiger partial charge in [0.2, 0.25) is 0 Å². The molecule has 23 heavy (non-hydrogen) atoms. The van der Waals surface area contributed by atoms with Crippen molar-refractivity contribution in [3.8, 4) is 0 Å². The van der Waals surface area contributed by atoms with Crippen LogP contribution in [0.4, 0.5) is 0 Å². The molecule has 1 aromatic heterocycles. The Morgan fingerprint density at radius 3 is 3.04 bits per heavy atom. The second-order valence-electron chi connectivity index (χ2n) is 5.58. The summed E-state index contributed by atoms with van der Waals surface area (Å²) in [7, 11) is 0. The van der Waals surface area contributed by atoms with Crippen LogP contribution in [0.1, 0.15) is 35.8 Å². The number of aromatic nitrogens is 2. The predicted octanol–water partition coefficient (Wildman–Crippen LogP) is 0.590. The molecule has 8 heteroatoms. The van der Waals surface area contributed by atoms with E-state index in [2.05, 4.69) is 10.4 Å². The van der Waals surface area contributed by atoms with E-state index in [9.17, 15) is 9.59 Å². The van der Waals surface area contributed by atoms with E-state index in [1.54, 1.807) is 17.8 Å². The van der Waals surface area contributed by atoms with Gasteiger partial charge in [-0.3, -0.25) is 9.48 Å². The van der Waals surface area contributed by atoms with E-state index >= 15 is 0 Å². The van der Waals surface area contributed by atoms with Crippen molar-refractivity contribution in [2.75, 3.05) is 19.8 Å². The van der Waals surface area contributed by atoms with Crippen molar-refractivity contribution in [2.45, 2.75) is 45.4 Å². The number of carboxylic acid groups (broad SMARTS) is 1. The molecule has 1 aromatic rings. The highest BCUT2D eigenvalue weighted by Gasteiger charge is 2.29.